The van der Waals surface area contributed by atoms with Crippen molar-refractivity contribution in [2.24, 2.45) is 0 Å². The Morgan fingerprint density at radius 3 is 2.54 bits per heavy atom. The predicted octanol–water partition coefficient (Wildman–Crippen LogP) is 0.808. The lowest BCUT2D eigenvalue weighted by molar-refractivity contribution is -0.227. The van der Waals surface area contributed by atoms with Crippen molar-refractivity contribution in [3.8, 4) is 0 Å². The Hall–Kier alpha value is -1.56. The zero-order chi connectivity index (χ0) is 20.1. The number of β-lactam (4-membered cyclic amide) rings is 1. The van der Waals surface area contributed by atoms with E-state index in [0.29, 0.717) is 0 Å². The fourth-order valence-electron chi connectivity index (χ4n) is 3.37. The third kappa shape index (κ3) is 3.93. The summed E-state index contributed by atoms with van der Waals surface area (Å²) in [6.45, 7) is 5.11. The van der Waals surface area contributed by atoms with Crippen LogP contribution < -0.4 is 5.32 Å². The molecule has 3 saturated heterocycles. The third-order valence-electron chi connectivity index (χ3n) is 4.80. The van der Waals surface area contributed by atoms with E-state index >= 15 is 0 Å². The highest BCUT2D eigenvalue weighted by atomic mass is 32.2. The van der Waals surface area contributed by atoms with Crippen molar-refractivity contribution in [3.05, 3.63) is 29.8 Å². The summed E-state index contributed by atoms with van der Waals surface area (Å²) in [5.74, 6) is -0.960. The van der Waals surface area contributed by atoms with Gasteiger partial charge in [-0.1, -0.05) is 17.7 Å². The molecule has 28 heavy (non-hydrogen) atoms. The minimum atomic E-state index is -3.95. The molecular weight excluding hydrogens is 390 g/mol. The van der Waals surface area contributed by atoms with Gasteiger partial charge in [-0.2, -0.15) is 8.42 Å². The van der Waals surface area contributed by atoms with Gasteiger partial charge in [0.25, 0.3) is 10.1 Å². The van der Waals surface area contributed by atoms with Crippen LogP contribution in [0.5, 0.6) is 0 Å². The van der Waals surface area contributed by atoms with Gasteiger partial charge in [0.15, 0.2) is 12.1 Å². The van der Waals surface area contributed by atoms with Gasteiger partial charge in [-0.05, 0) is 32.9 Å². The van der Waals surface area contributed by atoms with Crippen LogP contribution >= 0.6 is 0 Å². The van der Waals surface area contributed by atoms with Crippen molar-refractivity contribution in [2.45, 2.75) is 68.7 Å². The molecule has 3 fully saturated rings. The Balaban J connectivity index is 1.45. The van der Waals surface area contributed by atoms with E-state index in [1.54, 1.807) is 26.0 Å². The Morgan fingerprint density at radius 1 is 1.21 bits per heavy atom. The van der Waals surface area contributed by atoms with Crippen molar-refractivity contribution in [3.63, 3.8) is 0 Å². The summed E-state index contributed by atoms with van der Waals surface area (Å²) in [7, 11) is -3.95. The van der Waals surface area contributed by atoms with E-state index in [9.17, 15) is 13.2 Å². The van der Waals surface area contributed by atoms with Crippen LogP contribution in [-0.2, 0) is 38.0 Å². The van der Waals surface area contributed by atoms with Gasteiger partial charge in [0, 0.05) is 0 Å². The van der Waals surface area contributed by atoms with E-state index in [-0.39, 0.29) is 23.8 Å². The molecule has 1 aromatic rings. The Labute approximate surface area is 163 Å². The van der Waals surface area contributed by atoms with Gasteiger partial charge in [-0.15, -0.1) is 0 Å². The molecule has 10 heteroatoms. The van der Waals surface area contributed by atoms with Crippen LogP contribution in [0, 0.1) is 6.92 Å². The van der Waals surface area contributed by atoms with Crippen molar-refractivity contribution in [1.82, 2.24) is 5.32 Å². The van der Waals surface area contributed by atoms with Crippen LogP contribution in [-0.4, -0.2) is 57.5 Å². The topological polar surface area (TPSA) is 109 Å². The largest absolute Gasteiger partial charge is 0.349 e. The molecule has 3 aliphatic heterocycles. The summed E-state index contributed by atoms with van der Waals surface area (Å²) in [5.41, 5.74) is 0.943. The first-order valence-corrected chi connectivity index (χ1v) is 10.5. The molecule has 1 amide bonds. The zero-order valence-corrected chi connectivity index (χ0v) is 16.6. The quantitative estimate of drug-likeness (QED) is 0.539. The molecule has 0 unspecified atom stereocenters. The molecule has 0 aromatic heterocycles. The second-order valence-electron chi connectivity index (χ2n) is 7.56. The van der Waals surface area contributed by atoms with E-state index in [1.807, 2.05) is 6.92 Å². The molecule has 9 nitrogen and oxygen atoms in total. The highest BCUT2D eigenvalue weighted by Gasteiger charge is 2.56. The maximum atomic E-state index is 12.5. The number of ether oxygens (including phenoxy) is 4. The van der Waals surface area contributed by atoms with Crippen molar-refractivity contribution >= 4 is 16.0 Å². The molecule has 0 bridgehead atoms. The number of hydrogen-bond donors (Lipinski definition) is 1. The Kier molecular flexibility index (Phi) is 4.97. The van der Waals surface area contributed by atoms with Crippen molar-refractivity contribution in [1.29, 1.82) is 0 Å². The average Bonchev–Trinajstić information content (AvgIpc) is 3.04. The fourth-order valence-corrected chi connectivity index (χ4v) is 4.29. The number of carbonyl (C=O) groups is 1. The molecular formula is C18H23NO8S. The van der Waals surface area contributed by atoms with Crippen LogP contribution in [0.4, 0.5) is 0 Å². The molecule has 1 N–H and O–H groups in total. The van der Waals surface area contributed by atoms with E-state index in [0.717, 1.165) is 5.56 Å². The molecule has 5 atom stereocenters. The van der Waals surface area contributed by atoms with E-state index in [1.165, 1.54) is 12.1 Å². The first kappa shape index (κ1) is 19.7. The fraction of sp³-hybridized carbons (Fsp3) is 0.611. The zero-order valence-electron chi connectivity index (χ0n) is 15.8. The number of nitrogens with one attached hydrogen (secondary N) is 1. The van der Waals surface area contributed by atoms with Gasteiger partial charge in [0.05, 0.1) is 17.9 Å². The monoisotopic (exact) mass is 413 g/mol. The number of hydrogen-bond acceptors (Lipinski definition) is 8. The summed E-state index contributed by atoms with van der Waals surface area (Å²) in [6.07, 6.45) is -2.87. The number of carbonyl (C=O) groups excluding carboxylic acids is 1. The summed E-state index contributed by atoms with van der Waals surface area (Å²) in [4.78, 5) is 11.2. The summed E-state index contributed by atoms with van der Waals surface area (Å²) in [5, 5.41) is 2.62. The van der Waals surface area contributed by atoms with Crippen LogP contribution in [0.15, 0.2) is 29.2 Å². The van der Waals surface area contributed by atoms with Gasteiger partial charge in [-0.3, -0.25) is 8.98 Å². The predicted molar refractivity (Wildman–Crippen MR) is 94.4 cm³/mol. The third-order valence-corrected chi connectivity index (χ3v) is 6.09. The van der Waals surface area contributed by atoms with Crippen LogP contribution in [0.25, 0.3) is 0 Å². The van der Waals surface area contributed by atoms with Gasteiger partial charge in [0.1, 0.15) is 24.5 Å². The second kappa shape index (κ2) is 7.05. The smallest absolute Gasteiger partial charge is 0.297 e. The molecule has 154 valence electrons. The maximum Gasteiger partial charge on any atom is 0.297 e. The number of aryl methyl sites for hydroxylation is 1. The molecule has 0 spiro atoms. The summed E-state index contributed by atoms with van der Waals surface area (Å²) >= 11 is 0. The molecule has 0 aliphatic carbocycles. The molecule has 3 aliphatic rings. The highest BCUT2D eigenvalue weighted by Crippen LogP contribution is 2.39. The number of amides is 1. The van der Waals surface area contributed by atoms with Gasteiger partial charge >= 0.3 is 0 Å². The van der Waals surface area contributed by atoms with Crippen molar-refractivity contribution in [2.75, 3.05) is 6.61 Å². The Bertz CT molecular complexity index is 845. The SMILES string of the molecule is Cc1ccc(S(=O)(=O)OC[C@H]2O[C@@H]3OC(C)(C)O[C@@H]3[C@H]2O[C@@H]2CC(=O)N2)cc1. The minimum absolute atomic E-state index is 0.0636. The average molecular weight is 413 g/mol. The minimum Gasteiger partial charge on any atom is -0.349 e. The molecule has 0 radical (unpaired) electrons. The standard InChI is InChI=1S/C18H23NO8S/c1-10-4-6-11(7-5-10)28(21,22)23-9-12-15(25-14-8-13(20)19-14)16-17(24-12)27-18(2,3)26-16/h4-7,12,14-17H,8-9H2,1-3H3,(H,19,20)/t12-,14-,15+,16-,17-/m1/s1. The van der Waals surface area contributed by atoms with Crippen LogP contribution in [0.1, 0.15) is 25.8 Å². The highest BCUT2D eigenvalue weighted by molar-refractivity contribution is 7.86. The lowest BCUT2D eigenvalue weighted by Gasteiger charge is -2.33. The molecule has 1 aromatic carbocycles. The normalized spacial score (nSPS) is 34.0. The van der Waals surface area contributed by atoms with E-state index in [2.05, 4.69) is 5.32 Å². The van der Waals surface area contributed by atoms with E-state index < -0.39 is 46.7 Å². The first-order chi connectivity index (χ1) is 13.1. The lowest BCUT2D eigenvalue weighted by Crippen LogP contribution is -2.54. The Morgan fingerprint density at radius 2 is 1.89 bits per heavy atom. The van der Waals surface area contributed by atoms with E-state index in [4.69, 9.17) is 23.1 Å². The maximum absolute atomic E-state index is 12.5. The van der Waals surface area contributed by atoms with Gasteiger partial charge in [-0.25, -0.2) is 0 Å². The van der Waals surface area contributed by atoms with Crippen LogP contribution in [0.3, 0.4) is 0 Å². The summed E-state index contributed by atoms with van der Waals surface area (Å²) in [6, 6.07) is 6.37. The summed E-state index contributed by atoms with van der Waals surface area (Å²) < 4.78 is 53.4. The molecule has 4 rings (SSSR count). The first-order valence-electron chi connectivity index (χ1n) is 9.05. The van der Waals surface area contributed by atoms with Crippen LogP contribution in [0.2, 0.25) is 0 Å². The molecule has 3 heterocycles. The van der Waals surface area contributed by atoms with Gasteiger partial charge < -0.3 is 24.3 Å². The number of benzene rings is 1. The van der Waals surface area contributed by atoms with Gasteiger partial charge in [0.2, 0.25) is 5.91 Å². The second-order valence-corrected chi connectivity index (χ2v) is 9.17. The number of fused-ring (bicyclic) bond motifs is 1. The molecule has 0 saturated carbocycles. The lowest BCUT2D eigenvalue weighted by atomic mass is 10.1. The number of rotatable bonds is 6. The van der Waals surface area contributed by atoms with Crippen molar-refractivity contribution < 1.29 is 36.3 Å².